The van der Waals surface area contributed by atoms with Gasteiger partial charge in [0.1, 0.15) is 11.6 Å². The first-order valence-corrected chi connectivity index (χ1v) is 5.61. The minimum atomic E-state index is 0.411. The molecule has 0 bridgehead atoms. The monoisotopic (exact) mass is 219 g/mol. The highest BCUT2D eigenvalue weighted by Gasteiger charge is 2.07. The van der Waals surface area contributed by atoms with Gasteiger partial charge in [0, 0.05) is 6.07 Å². The Morgan fingerprint density at radius 1 is 1.50 bits per heavy atom. The van der Waals surface area contributed by atoms with Crippen LogP contribution in [0.1, 0.15) is 32.1 Å². The summed E-state index contributed by atoms with van der Waals surface area (Å²) in [6, 6.07) is 6.24. The lowest BCUT2D eigenvalue weighted by molar-refractivity contribution is 0.479. The molecular weight excluding hydrogens is 202 g/mol. The van der Waals surface area contributed by atoms with Gasteiger partial charge in [-0.1, -0.05) is 6.92 Å². The molecule has 0 aromatic carbocycles. The fourth-order valence-electron chi connectivity index (χ4n) is 1.57. The van der Waals surface area contributed by atoms with Gasteiger partial charge in [-0.05, 0) is 25.5 Å². The summed E-state index contributed by atoms with van der Waals surface area (Å²) < 4.78 is 7.27. The van der Waals surface area contributed by atoms with Crippen LogP contribution in [-0.4, -0.2) is 9.78 Å². The maximum atomic E-state index is 5.27. The van der Waals surface area contributed by atoms with Gasteiger partial charge < -0.3 is 9.73 Å². The fourth-order valence-corrected chi connectivity index (χ4v) is 1.57. The fraction of sp³-hybridized carbons (Fsp3) is 0.417. The molecule has 1 N–H and O–H groups in total. The summed E-state index contributed by atoms with van der Waals surface area (Å²) in [7, 11) is 0. The maximum Gasteiger partial charge on any atom is 0.124 e. The first-order chi connectivity index (χ1) is 7.81. The van der Waals surface area contributed by atoms with Crippen LogP contribution in [0.2, 0.25) is 0 Å². The molecule has 16 heavy (non-hydrogen) atoms. The van der Waals surface area contributed by atoms with E-state index >= 15 is 0 Å². The van der Waals surface area contributed by atoms with Gasteiger partial charge >= 0.3 is 0 Å². The Hall–Kier alpha value is -1.71. The van der Waals surface area contributed by atoms with Crippen LogP contribution in [0.3, 0.4) is 0 Å². The van der Waals surface area contributed by atoms with Gasteiger partial charge in [-0.25, -0.2) is 4.68 Å². The Morgan fingerprint density at radius 2 is 2.38 bits per heavy atom. The SMILES string of the molecule is CCC(C)n1nccc1NCc1ccco1. The van der Waals surface area contributed by atoms with E-state index in [1.807, 2.05) is 29.1 Å². The highest BCUT2D eigenvalue weighted by atomic mass is 16.3. The second kappa shape index (κ2) is 4.88. The van der Waals surface area contributed by atoms with Gasteiger partial charge in [0.2, 0.25) is 0 Å². The molecular formula is C12H17N3O. The quantitative estimate of drug-likeness (QED) is 0.840. The average molecular weight is 219 g/mol. The van der Waals surface area contributed by atoms with Crippen molar-refractivity contribution < 1.29 is 4.42 Å². The number of hydrogen-bond donors (Lipinski definition) is 1. The van der Waals surface area contributed by atoms with Crippen molar-refractivity contribution in [3.8, 4) is 0 Å². The second-order valence-electron chi connectivity index (χ2n) is 3.85. The van der Waals surface area contributed by atoms with Crippen molar-refractivity contribution in [2.45, 2.75) is 32.9 Å². The van der Waals surface area contributed by atoms with Gasteiger partial charge in [-0.15, -0.1) is 0 Å². The molecule has 0 aliphatic carbocycles. The van der Waals surface area contributed by atoms with Crippen molar-refractivity contribution in [3.63, 3.8) is 0 Å². The number of aromatic nitrogens is 2. The highest BCUT2D eigenvalue weighted by molar-refractivity contribution is 5.34. The Kier molecular flexibility index (Phi) is 3.29. The first-order valence-electron chi connectivity index (χ1n) is 5.61. The summed E-state index contributed by atoms with van der Waals surface area (Å²) >= 11 is 0. The minimum absolute atomic E-state index is 0.411. The number of furan rings is 1. The Bertz CT molecular complexity index is 419. The minimum Gasteiger partial charge on any atom is -0.467 e. The third kappa shape index (κ3) is 2.27. The lowest BCUT2D eigenvalue weighted by atomic mass is 10.3. The van der Waals surface area contributed by atoms with E-state index in [0.29, 0.717) is 12.6 Å². The largest absolute Gasteiger partial charge is 0.467 e. The third-order valence-corrected chi connectivity index (χ3v) is 2.70. The van der Waals surface area contributed by atoms with Crippen molar-refractivity contribution in [1.29, 1.82) is 0 Å². The zero-order valence-corrected chi connectivity index (χ0v) is 9.68. The van der Waals surface area contributed by atoms with Crippen LogP contribution >= 0.6 is 0 Å². The first kappa shape index (κ1) is 10.8. The molecule has 2 rings (SSSR count). The Morgan fingerprint density at radius 3 is 3.06 bits per heavy atom. The van der Waals surface area contributed by atoms with Gasteiger partial charge in [-0.2, -0.15) is 5.10 Å². The summed E-state index contributed by atoms with van der Waals surface area (Å²) in [4.78, 5) is 0. The predicted molar refractivity (Wildman–Crippen MR) is 63.3 cm³/mol. The molecule has 2 heterocycles. The third-order valence-electron chi connectivity index (χ3n) is 2.70. The molecule has 0 radical (unpaired) electrons. The number of rotatable bonds is 5. The molecule has 2 aromatic rings. The van der Waals surface area contributed by atoms with Crippen molar-refractivity contribution >= 4 is 5.82 Å². The van der Waals surface area contributed by atoms with E-state index in [0.717, 1.165) is 18.0 Å². The molecule has 0 saturated carbocycles. The zero-order valence-electron chi connectivity index (χ0n) is 9.68. The topological polar surface area (TPSA) is 43.0 Å². The molecule has 0 fully saturated rings. The standard InChI is InChI=1S/C12H17N3O/c1-3-10(2)15-12(6-7-14-15)13-9-11-5-4-8-16-11/h4-8,10,13H,3,9H2,1-2H3. The molecule has 0 saturated heterocycles. The van der Waals surface area contributed by atoms with Gasteiger partial charge in [0.25, 0.3) is 0 Å². The molecule has 1 unspecified atom stereocenters. The summed E-state index contributed by atoms with van der Waals surface area (Å²) in [5.41, 5.74) is 0. The van der Waals surface area contributed by atoms with E-state index in [-0.39, 0.29) is 0 Å². The second-order valence-corrected chi connectivity index (χ2v) is 3.85. The highest BCUT2D eigenvalue weighted by Crippen LogP contribution is 2.17. The molecule has 86 valence electrons. The van der Waals surface area contributed by atoms with Crippen molar-refractivity contribution in [2.24, 2.45) is 0 Å². The van der Waals surface area contributed by atoms with Gasteiger partial charge in [0.05, 0.1) is 25.0 Å². The number of nitrogens with one attached hydrogen (secondary N) is 1. The molecule has 1 atom stereocenters. The zero-order chi connectivity index (χ0) is 11.4. The number of anilines is 1. The van der Waals surface area contributed by atoms with Crippen LogP contribution in [0.4, 0.5) is 5.82 Å². The number of nitrogens with zero attached hydrogens (tertiary/aromatic N) is 2. The predicted octanol–water partition coefficient (Wildman–Crippen LogP) is 3.06. The van der Waals surface area contributed by atoms with Crippen LogP contribution in [0.15, 0.2) is 35.1 Å². The van der Waals surface area contributed by atoms with Crippen LogP contribution in [-0.2, 0) is 6.54 Å². The van der Waals surface area contributed by atoms with Crippen molar-refractivity contribution in [2.75, 3.05) is 5.32 Å². The summed E-state index contributed by atoms with van der Waals surface area (Å²) in [6.45, 7) is 5.00. The van der Waals surface area contributed by atoms with E-state index in [1.54, 1.807) is 6.26 Å². The normalized spacial score (nSPS) is 12.6. The smallest absolute Gasteiger partial charge is 0.124 e. The molecule has 2 aromatic heterocycles. The summed E-state index contributed by atoms with van der Waals surface area (Å²) in [6.07, 6.45) is 4.57. The van der Waals surface area contributed by atoms with E-state index < -0.39 is 0 Å². The van der Waals surface area contributed by atoms with Crippen LogP contribution < -0.4 is 5.32 Å². The maximum absolute atomic E-state index is 5.27. The molecule has 4 heteroatoms. The average Bonchev–Trinajstić information content (AvgIpc) is 2.96. The van der Waals surface area contributed by atoms with Crippen molar-refractivity contribution in [1.82, 2.24) is 9.78 Å². The lowest BCUT2D eigenvalue weighted by Gasteiger charge is -2.14. The Labute approximate surface area is 95.3 Å². The van der Waals surface area contributed by atoms with Crippen LogP contribution in [0.5, 0.6) is 0 Å². The molecule has 0 spiro atoms. The molecule has 0 amide bonds. The van der Waals surface area contributed by atoms with Crippen LogP contribution in [0, 0.1) is 0 Å². The summed E-state index contributed by atoms with van der Waals surface area (Å²) in [5.74, 6) is 1.96. The lowest BCUT2D eigenvalue weighted by Crippen LogP contribution is -2.11. The van der Waals surface area contributed by atoms with Crippen LogP contribution in [0.25, 0.3) is 0 Å². The van der Waals surface area contributed by atoms with E-state index in [1.165, 1.54) is 0 Å². The molecule has 0 aliphatic heterocycles. The molecule has 0 aliphatic rings. The van der Waals surface area contributed by atoms with E-state index in [9.17, 15) is 0 Å². The van der Waals surface area contributed by atoms with Crippen molar-refractivity contribution in [3.05, 3.63) is 36.4 Å². The number of hydrogen-bond acceptors (Lipinski definition) is 3. The summed E-state index contributed by atoms with van der Waals surface area (Å²) in [5, 5.41) is 7.63. The Balaban J connectivity index is 2.01. The van der Waals surface area contributed by atoms with Gasteiger partial charge in [-0.3, -0.25) is 0 Å². The van der Waals surface area contributed by atoms with E-state index in [2.05, 4.69) is 24.3 Å². The molecule has 4 nitrogen and oxygen atoms in total. The van der Waals surface area contributed by atoms with Gasteiger partial charge in [0.15, 0.2) is 0 Å². The van der Waals surface area contributed by atoms with E-state index in [4.69, 9.17) is 4.42 Å².